The maximum Gasteiger partial charge on any atom is 0.407 e. The van der Waals surface area contributed by atoms with Gasteiger partial charge in [0.05, 0.1) is 18.6 Å². The summed E-state index contributed by atoms with van der Waals surface area (Å²) in [7, 11) is -3.28. The fraction of sp³-hybridized carbons (Fsp3) is 0.375. The van der Waals surface area contributed by atoms with E-state index in [9.17, 15) is 28.1 Å². The van der Waals surface area contributed by atoms with E-state index in [2.05, 4.69) is 21.4 Å². The average molecular weight is 415 g/mol. The van der Waals surface area contributed by atoms with Crippen LogP contribution in [0.15, 0.2) is 41.8 Å². The normalized spacial score (nSPS) is 11.9. The molecule has 0 bridgehead atoms. The Hall–Kier alpha value is -2.99. The summed E-state index contributed by atoms with van der Waals surface area (Å²) in [5.41, 5.74) is -0.626. The van der Waals surface area contributed by atoms with Crippen molar-refractivity contribution in [3.63, 3.8) is 0 Å². The number of esters is 1. The Morgan fingerprint density at radius 3 is 2.64 bits per heavy atom. The number of nitrogens with zero attached hydrogens (tertiary/aromatic N) is 1. The molecule has 0 spiro atoms. The zero-order valence-corrected chi connectivity index (χ0v) is 15.9. The summed E-state index contributed by atoms with van der Waals surface area (Å²) in [6.07, 6.45) is 1.87. The molecule has 0 saturated heterocycles. The third kappa shape index (κ3) is 6.96. The molecule has 1 amide bonds. The Kier molecular flexibility index (Phi) is 9.05. The lowest BCUT2D eigenvalue weighted by atomic mass is 10.3. The number of nitro groups is 1. The molecule has 1 atom stereocenters. The molecule has 0 heterocycles. The molecule has 0 fully saturated rings. The van der Waals surface area contributed by atoms with Gasteiger partial charge in [-0.25, -0.2) is 22.7 Å². The molecule has 0 aromatic heterocycles. The average Bonchev–Trinajstić information content (AvgIpc) is 2.67. The number of ether oxygens (including phenoxy) is 2. The second-order valence-electron chi connectivity index (χ2n) is 5.36. The minimum absolute atomic E-state index is 0.0771. The number of nitro benzene ring substituents is 1. The first-order valence-electron chi connectivity index (χ1n) is 8.08. The summed E-state index contributed by atoms with van der Waals surface area (Å²) in [6, 6.07) is 3.32. The van der Waals surface area contributed by atoms with Crippen LogP contribution in [0.25, 0.3) is 0 Å². The summed E-state index contributed by atoms with van der Waals surface area (Å²) in [4.78, 5) is 33.1. The van der Waals surface area contributed by atoms with Crippen LogP contribution >= 0.6 is 0 Å². The number of hydrogen-bond acceptors (Lipinski definition) is 8. The highest BCUT2D eigenvalue weighted by Crippen LogP contribution is 2.22. The number of unbranched alkanes of at least 4 members (excludes halogenated alkanes) is 1. The fourth-order valence-corrected chi connectivity index (χ4v) is 3.24. The zero-order valence-electron chi connectivity index (χ0n) is 15.1. The van der Waals surface area contributed by atoms with Crippen molar-refractivity contribution in [2.24, 2.45) is 0 Å². The van der Waals surface area contributed by atoms with Crippen LogP contribution in [0.2, 0.25) is 0 Å². The van der Waals surface area contributed by atoms with Gasteiger partial charge in [-0.3, -0.25) is 10.1 Å². The molecular weight excluding hydrogens is 394 g/mol. The van der Waals surface area contributed by atoms with Crippen molar-refractivity contribution in [1.29, 1.82) is 0 Å². The molecule has 1 aromatic carbocycles. The highest BCUT2D eigenvalue weighted by atomic mass is 32.2. The third-order valence-electron chi connectivity index (χ3n) is 3.39. The van der Waals surface area contributed by atoms with E-state index < -0.39 is 50.2 Å². The molecule has 154 valence electrons. The van der Waals surface area contributed by atoms with Gasteiger partial charge in [-0.15, -0.1) is 6.58 Å². The fourth-order valence-electron chi connectivity index (χ4n) is 2.02. The van der Waals surface area contributed by atoms with Crippen LogP contribution in [0.4, 0.5) is 10.5 Å². The monoisotopic (exact) mass is 415 g/mol. The number of para-hydroxylation sites is 1. The molecule has 0 saturated carbocycles. The summed E-state index contributed by atoms with van der Waals surface area (Å²) in [5.74, 6) is -0.923. The molecule has 0 aliphatic carbocycles. The van der Waals surface area contributed by atoms with Gasteiger partial charge in [-0.1, -0.05) is 18.2 Å². The van der Waals surface area contributed by atoms with E-state index in [1.807, 2.05) is 0 Å². The van der Waals surface area contributed by atoms with Crippen molar-refractivity contribution < 1.29 is 32.4 Å². The molecule has 28 heavy (non-hydrogen) atoms. The summed E-state index contributed by atoms with van der Waals surface area (Å²) in [6.45, 7) is 3.01. The first-order chi connectivity index (χ1) is 13.2. The van der Waals surface area contributed by atoms with Crippen molar-refractivity contribution >= 4 is 27.8 Å². The number of hydrogen-bond donors (Lipinski definition) is 2. The Morgan fingerprint density at radius 1 is 1.36 bits per heavy atom. The molecule has 2 N–H and O–H groups in total. The number of allylic oxidation sites excluding steroid dienone is 1. The van der Waals surface area contributed by atoms with Crippen LogP contribution in [0.5, 0.6) is 0 Å². The van der Waals surface area contributed by atoms with E-state index >= 15 is 0 Å². The van der Waals surface area contributed by atoms with E-state index in [1.165, 1.54) is 12.1 Å². The Morgan fingerprint density at radius 2 is 2.04 bits per heavy atom. The van der Waals surface area contributed by atoms with Crippen molar-refractivity contribution in [2.75, 3.05) is 20.3 Å². The minimum atomic E-state index is -4.34. The van der Waals surface area contributed by atoms with E-state index in [-0.39, 0.29) is 6.61 Å². The highest BCUT2D eigenvalue weighted by Gasteiger charge is 2.29. The zero-order chi connectivity index (χ0) is 21.2. The van der Waals surface area contributed by atoms with Crippen molar-refractivity contribution in [3.05, 3.63) is 47.0 Å². The number of carbonyl (C=O) groups is 2. The standard InChI is InChI=1S/C16H21N3O8S/c1-3-4-7-10-27-16(21)18-12(15(20)26-2)11-17-28(24,25)14-9-6-5-8-13(14)19(22)23/h3,5-6,8-9,12,17H,1,4,7,10-11H2,2H3,(H,18,21)/t12-/m0/s1. The van der Waals surface area contributed by atoms with Crippen LogP contribution in [0.3, 0.4) is 0 Å². The molecular formula is C16H21N3O8S. The number of sulfonamides is 1. The number of carbonyl (C=O) groups excluding carboxylic acids is 2. The number of methoxy groups -OCH3 is 1. The van der Waals surface area contributed by atoms with Crippen molar-refractivity contribution in [1.82, 2.24) is 10.0 Å². The molecule has 0 aliphatic heterocycles. The summed E-state index contributed by atoms with van der Waals surface area (Å²) in [5, 5.41) is 13.2. The summed E-state index contributed by atoms with van der Waals surface area (Å²) < 4.78 is 36.2. The Bertz CT molecular complexity index is 825. The molecule has 11 nitrogen and oxygen atoms in total. The highest BCUT2D eigenvalue weighted by molar-refractivity contribution is 7.89. The maximum atomic E-state index is 12.4. The van der Waals surface area contributed by atoms with Gasteiger partial charge in [0.15, 0.2) is 4.90 Å². The SMILES string of the molecule is C=CCCCOC(=O)N[C@@H](CNS(=O)(=O)c1ccccc1[N+](=O)[O-])C(=O)OC. The van der Waals surface area contributed by atoms with Crippen LogP contribution in [0, 0.1) is 10.1 Å². The molecule has 12 heteroatoms. The first kappa shape index (κ1) is 23.0. The smallest absolute Gasteiger partial charge is 0.407 e. The lowest BCUT2D eigenvalue weighted by Gasteiger charge is -2.17. The molecule has 0 aliphatic rings. The first-order valence-corrected chi connectivity index (χ1v) is 9.56. The number of alkyl carbamates (subject to hydrolysis) is 1. The minimum Gasteiger partial charge on any atom is -0.467 e. The number of amides is 1. The van der Waals surface area contributed by atoms with Crippen molar-refractivity contribution in [2.45, 2.75) is 23.8 Å². The molecule has 1 aromatic rings. The van der Waals surface area contributed by atoms with Crippen LogP contribution in [-0.4, -0.2) is 51.7 Å². The maximum absolute atomic E-state index is 12.4. The predicted molar refractivity (Wildman–Crippen MR) is 98.0 cm³/mol. The molecule has 0 unspecified atom stereocenters. The van der Waals surface area contributed by atoms with Gasteiger partial charge in [0.1, 0.15) is 6.04 Å². The van der Waals surface area contributed by atoms with Crippen LogP contribution in [0.1, 0.15) is 12.8 Å². The Labute approximate surface area is 161 Å². The van der Waals surface area contributed by atoms with E-state index in [0.717, 1.165) is 19.2 Å². The van der Waals surface area contributed by atoms with Gasteiger partial charge >= 0.3 is 12.1 Å². The van der Waals surface area contributed by atoms with E-state index in [0.29, 0.717) is 12.8 Å². The topological polar surface area (TPSA) is 154 Å². The molecule has 1 rings (SSSR count). The lowest BCUT2D eigenvalue weighted by molar-refractivity contribution is -0.387. The number of benzene rings is 1. The van der Waals surface area contributed by atoms with Crippen LogP contribution < -0.4 is 10.0 Å². The number of rotatable bonds is 11. The van der Waals surface area contributed by atoms with Gasteiger partial charge in [-0.2, -0.15) is 0 Å². The lowest BCUT2D eigenvalue weighted by Crippen LogP contribution is -2.49. The van der Waals surface area contributed by atoms with Crippen LogP contribution in [-0.2, 0) is 24.3 Å². The largest absolute Gasteiger partial charge is 0.467 e. The van der Waals surface area contributed by atoms with Gasteiger partial charge in [0, 0.05) is 12.6 Å². The second kappa shape index (κ2) is 11.0. The third-order valence-corrected chi connectivity index (χ3v) is 4.86. The van der Waals surface area contributed by atoms with Crippen molar-refractivity contribution in [3.8, 4) is 0 Å². The van der Waals surface area contributed by atoms with Gasteiger partial charge in [0.25, 0.3) is 5.69 Å². The number of nitrogens with one attached hydrogen (secondary N) is 2. The van der Waals surface area contributed by atoms with Gasteiger partial charge in [0.2, 0.25) is 10.0 Å². The predicted octanol–water partition coefficient (Wildman–Crippen LogP) is 1.11. The Balaban J connectivity index is 2.82. The van der Waals surface area contributed by atoms with E-state index in [4.69, 9.17) is 4.74 Å². The van der Waals surface area contributed by atoms with E-state index in [1.54, 1.807) is 6.08 Å². The quantitative estimate of drug-likeness (QED) is 0.179. The second-order valence-corrected chi connectivity index (χ2v) is 7.10. The molecule has 0 radical (unpaired) electrons. The van der Waals surface area contributed by atoms with Gasteiger partial charge in [-0.05, 0) is 18.9 Å². The summed E-state index contributed by atoms with van der Waals surface area (Å²) >= 11 is 0. The van der Waals surface area contributed by atoms with Gasteiger partial charge < -0.3 is 14.8 Å².